The number of nitrogens with one attached hydrogen (secondary N) is 1. The van der Waals surface area contributed by atoms with E-state index >= 15 is 0 Å². The highest BCUT2D eigenvalue weighted by Gasteiger charge is 2.45. The van der Waals surface area contributed by atoms with E-state index in [2.05, 4.69) is 28.7 Å². The number of rotatable bonds is 5. The second-order valence-corrected chi connectivity index (χ2v) is 6.96. The highest BCUT2D eigenvalue weighted by molar-refractivity contribution is 7.10. The van der Waals surface area contributed by atoms with E-state index in [4.69, 9.17) is 5.11 Å². The number of nitrogens with zero attached hydrogens (tertiary/aromatic N) is 1. The SMILES string of the molecule is Cc1ccsc1[C@H]1C[C@H]1C(=O)NCc1nc(C(=O)O)cs1. The molecule has 0 unspecified atom stereocenters. The zero-order valence-electron chi connectivity index (χ0n) is 11.3. The van der Waals surface area contributed by atoms with Crippen molar-refractivity contribution in [2.45, 2.75) is 25.8 Å². The van der Waals surface area contributed by atoms with E-state index in [0.717, 1.165) is 6.42 Å². The molecule has 21 heavy (non-hydrogen) atoms. The van der Waals surface area contributed by atoms with Gasteiger partial charge in [0.2, 0.25) is 5.91 Å². The molecule has 2 N–H and O–H groups in total. The molecule has 3 rings (SSSR count). The summed E-state index contributed by atoms with van der Waals surface area (Å²) in [6.45, 7) is 2.37. The Morgan fingerprint density at radius 2 is 2.29 bits per heavy atom. The van der Waals surface area contributed by atoms with Crippen LogP contribution in [0.4, 0.5) is 0 Å². The first-order valence-corrected chi connectivity index (χ1v) is 8.31. The number of amides is 1. The molecule has 0 spiro atoms. The first kappa shape index (κ1) is 14.2. The summed E-state index contributed by atoms with van der Waals surface area (Å²) in [7, 11) is 0. The van der Waals surface area contributed by atoms with Crippen LogP contribution in [0.1, 0.15) is 38.3 Å². The molecule has 2 atom stereocenters. The third-order valence-corrected chi connectivity index (χ3v) is 5.55. The van der Waals surface area contributed by atoms with Crippen LogP contribution in [-0.2, 0) is 11.3 Å². The van der Waals surface area contributed by atoms with Crippen LogP contribution in [0.5, 0.6) is 0 Å². The Balaban J connectivity index is 1.53. The molecule has 1 aliphatic carbocycles. The first-order chi connectivity index (χ1) is 10.1. The molecule has 5 nitrogen and oxygen atoms in total. The van der Waals surface area contributed by atoms with Crippen LogP contribution in [0, 0.1) is 12.8 Å². The summed E-state index contributed by atoms with van der Waals surface area (Å²) in [5.41, 5.74) is 1.29. The van der Waals surface area contributed by atoms with Gasteiger partial charge in [-0.05, 0) is 30.4 Å². The average Bonchev–Trinajstić information content (AvgIpc) is 2.89. The predicted molar refractivity (Wildman–Crippen MR) is 80.8 cm³/mol. The van der Waals surface area contributed by atoms with Gasteiger partial charge in [-0.15, -0.1) is 22.7 Å². The van der Waals surface area contributed by atoms with Crippen LogP contribution in [0.2, 0.25) is 0 Å². The molecular formula is C14H14N2O3S2. The highest BCUT2D eigenvalue weighted by Crippen LogP contribution is 2.50. The number of thiophene rings is 1. The summed E-state index contributed by atoms with van der Waals surface area (Å²) in [5, 5.41) is 15.8. The Morgan fingerprint density at radius 1 is 1.48 bits per heavy atom. The van der Waals surface area contributed by atoms with Crippen molar-refractivity contribution in [2.75, 3.05) is 0 Å². The van der Waals surface area contributed by atoms with E-state index < -0.39 is 5.97 Å². The highest BCUT2D eigenvalue weighted by atomic mass is 32.1. The lowest BCUT2D eigenvalue weighted by Crippen LogP contribution is -2.24. The fourth-order valence-electron chi connectivity index (χ4n) is 2.32. The standard InChI is InChI=1S/C14H14N2O3S2/c1-7-2-3-20-12(7)8-4-9(8)13(17)15-5-11-16-10(6-21-11)14(18)19/h2-3,6,8-9H,4-5H2,1H3,(H,15,17)(H,18,19)/t8-,9+/m0/s1. The molecule has 0 saturated heterocycles. The molecule has 110 valence electrons. The fourth-order valence-corrected chi connectivity index (χ4v) is 4.14. The van der Waals surface area contributed by atoms with Gasteiger partial charge in [-0.2, -0.15) is 0 Å². The summed E-state index contributed by atoms with van der Waals surface area (Å²) in [6, 6.07) is 2.08. The van der Waals surface area contributed by atoms with Crippen molar-refractivity contribution in [3.05, 3.63) is 38.0 Å². The number of thiazole rings is 1. The summed E-state index contributed by atoms with van der Waals surface area (Å²) >= 11 is 2.96. The molecule has 0 aliphatic heterocycles. The average molecular weight is 322 g/mol. The molecule has 2 aromatic rings. The van der Waals surface area contributed by atoms with Crippen molar-refractivity contribution in [2.24, 2.45) is 5.92 Å². The Kier molecular flexibility index (Phi) is 3.77. The minimum atomic E-state index is -1.04. The molecule has 0 bridgehead atoms. The van der Waals surface area contributed by atoms with Gasteiger partial charge in [-0.25, -0.2) is 9.78 Å². The van der Waals surface area contributed by atoms with E-state index in [0.29, 0.717) is 17.5 Å². The quantitative estimate of drug-likeness (QED) is 0.887. The number of carbonyl (C=O) groups is 2. The van der Waals surface area contributed by atoms with Gasteiger partial charge in [-0.3, -0.25) is 4.79 Å². The summed E-state index contributed by atoms with van der Waals surface area (Å²) in [6.07, 6.45) is 0.894. The van der Waals surface area contributed by atoms with Gasteiger partial charge in [0.05, 0.1) is 6.54 Å². The van der Waals surface area contributed by atoms with E-state index in [1.165, 1.54) is 27.2 Å². The van der Waals surface area contributed by atoms with Gasteiger partial charge in [-0.1, -0.05) is 0 Å². The molecule has 0 radical (unpaired) electrons. The van der Waals surface area contributed by atoms with Crippen LogP contribution in [-0.4, -0.2) is 22.0 Å². The lowest BCUT2D eigenvalue weighted by molar-refractivity contribution is -0.122. The topological polar surface area (TPSA) is 79.3 Å². The van der Waals surface area contributed by atoms with Crippen molar-refractivity contribution in [1.29, 1.82) is 0 Å². The number of aryl methyl sites for hydroxylation is 1. The van der Waals surface area contributed by atoms with Crippen molar-refractivity contribution in [3.8, 4) is 0 Å². The molecule has 1 fully saturated rings. The fraction of sp³-hybridized carbons (Fsp3) is 0.357. The number of carboxylic acid groups (broad SMARTS) is 1. The van der Waals surface area contributed by atoms with Gasteiger partial charge in [0.25, 0.3) is 0 Å². The van der Waals surface area contributed by atoms with E-state index in [1.807, 2.05) is 0 Å². The normalized spacial score (nSPS) is 20.2. The predicted octanol–water partition coefficient (Wildman–Crippen LogP) is 2.63. The molecule has 1 saturated carbocycles. The minimum Gasteiger partial charge on any atom is -0.476 e. The Hall–Kier alpha value is -1.73. The third kappa shape index (κ3) is 2.98. The third-order valence-electron chi connectivity index (χ3n) is 3.55. The zero-order chi connectivity index (χ0) is 15.0. The van der Waals surface area contributed by atoms with E-state index in [9.17, 15) is 9.59 Å². The van der Waals surface area contributed by atoms with Crippen molar-refractivity contribution >= 4 is 34.6 Å². The smallest absolute Gasteiger partial charge is 0.355 e. The molecule has 0 aromatic carbocycles. The number of aromatic carboxylic acids is 1. The van der Waals surface area contributed by atoms with Gasteiger partial charge >= 0.3 is 5.97 Å². The molecule has 7 heteroatoms. The molecule has 1 amide bonds. The second-order valence-electron chi connectivity index (χ2n) is 5.07. The Bertz CT molecular complexity index is 692. The van der Waals surface area contributed by atoms with Crippen molar-refractivity contribution < 1.29 is 14.7 Å². The van der Waals surface area contributed by atoms with Gasteiger partial charge in [0.15, 0.2) is 5.69 Å². The number of hydrogen-bond acceptors (Lipinski definition) is 5. The minimum absolute atomic E-state index is 0.0277. The van der Waals surface area contributed by atoms with Crippen LogP contribution in [0.3, 0.4) is 0 Å². The molecule has 1 aliphatic rings. The lowest BCUT2D eigenvalue weighted by atomic mass is 10.2. The number of hydrogen-bond donors (Lipinski definition) is 2. The van der Waals surface area contributed by atoms with Gasteiger partial charge in [0.1, 0.15) is 5.01 Å². The maximum absolute atomic E-state index is 12.1. The first-order valence-electron chi connectivity index (χ1n) is 6.55. The largest absolute Gasteiger partial charge is 0.476 e. The summed E-state index contributed by atoms with van der Waals surface area (Å²) in [4.78, 5) is 28.1. The van der Waals surface area contributed by atoms with Crippen LogP contribution in [0.15, 0.2) is 16.8 Å². The van der Waals surface area contributed by atoms with Gasteiger partial charge in [0, 0.05) is 22.1 Å². The van der Waals surface area contributed by atoms with E-state index in [-0.39, 0.29) is 17.5 Å². The number of carboxylic acids is 1. The summed E-state index contributed by atoms with van der Waals surface area (Å²) < 4.78 is 0. The molecule has 2 aromatic heterocycles. The van der Waals surface area contributed by atoms with Crippen molar-refractivity contribution in [1.82, 2.24) is 10.3 Å². The number of aromatic nitrogens is 1. The molecular weight excluding hydrogens is 308 g/mol. The van der Waals surface area contributed by atoms with Gasteiger partial charge < -0.3 is 10.4 Å². The zero-order valence-corrected chi connectivity index (χ0v) is 13.0. The van der Waals surface area contributed by atoms with Crippen molar-refractivity contribution in [3.63, 3.8) is 0 Å². The monoisotopic (exact) mass is 322 g/mol. The van der Waals surface area contributed by atoms with E-state index in [1.54, 1.807) is 11.3 Å². The summed E-state index contributed by atoms with van der Waals surface area (Å²) in [5.74, 6) is -0.628. The maximum atomic E-state index is 12.1. The van der Waals surface area contributed by atoms with Crippen LogP contribution in [0.25, 0.3) is 0 Å². The van der Waals surface area contributed by atoms with Crippen LogP contribution >= 0.6 is 22.7 Å². The lowest BCUT2D eigenvalue weighted by Gasteiger charge is -2.02. The Labute approximate surface area is 129 Å². The molecule has 2 heterocycles. The van der Waals surface area contributed by atoms with Crippen LogP contribution < -0.4 is 5.32 Å². The number of carbonyl (C=O) groups excluding carboxylic acids is 1. The Morgan fingerprint density at radius 3 is 2.90 bits per heavy atom. The maximum Gasteiger partial charge on any atom is 0.355 e. The second kappa shape index (κ2) is 5.57.